The van der Waals surface area contributed by atoms with Gasteiger partial charge >= 0.3 is 0 Å². The molecule has 242 valence electrons. The summed E-state index contributed by atoms with van der Waals surface area (Å²) in [6.07, 6.45) is -0.525. The number of carbonyl (C=O) groups excluding carboxylic acids is 1. The number of hydrazine groups is 1. The minimum absolute atomic E-state index is 0.00348. The number of azide groups is 1. The maximum atomic E-state index is 14.5. The maximum Gasteiger partial charge on any atom is 0.266 e. The molecule has 47 heavy (non-hydrogen) atoms. The summed E-state index contributed by atoms with van der Waals surface area (Å²) in [7, 11) is 0. The zero-order valence-electron chi connectivity index (χ0n) is 25.1. The second kappa shape index (κ2) is 15.8. The second-order valence-corrected chi connectivity index (χ2v) is 11.5. The van der Waals surface area contributed by atoms with Gasteiger partial charge in [0, 0.05) is 57.6 Å². The summed E-state index contributed by atoms with van der Waals surface area (Å²) in [6.45, 7) is 0.423. The molecule has 5 rings (SSSR count). The molecular formula is C34H31Cl2FN6O4. The van der Waals surface area contributed by atoms with E-state index in [1.807, 2.05) is 24.3 Å². The Bertz CT molecular complexity index is 1800. The van der Waals surface area contributed by atoms with Crippen molar-refractivity contribution in [2.45, 2.75) is 37.6 Å². The summed E-state index contributed by atoms with van der Waals surface area (Å²) in [5.74, 6) is -0.219. The fraction of sp³-hybridized carbons (Fsp3) is 0.235. The zero-order valence-corrected chi connectivity index (χ0v) is 26.6. The second-order valence-electron chi connectivity index (χ2n) is 10.7. The fourth-order valence-corrected chi connectivity index (χ4v) is 5.73. The van der Waals surface area contributed by atoms with Gasteiger partial charge in [-0.3, -0.25) is 10.2 Å². The minimum atomic E-state index is -1.65. The van der Waals surface area contributed by atoms with Crippen molar-refractivity contribution in [3.05, 3.63) is 145 Å². The number of nitrogens with one attached hydrogen (secondary N) is 2. The van der Waals surface area contributed by atoms with Crippen molar-refractivity contribution in [2.24, 2.45) is 10.1 Å². The number of rotatable bonds is 14. The van der Waals surface area contributed by atoms with Crippen molar-refractivity contribution in [3.8, 4) is 5.75 Å². The third kappa shape index (κ3) is 8.02. The number of carbonyl (C=O) groups is 1. The first-order chi connectivity index (χ1) is 22.8. The summed E-state index contributed by atoms with van der Waals surface area (Å²) >= 11 is 13.0. The predicted octanol–water partition coefficient (Wildman–Crippen LogP) is 7.02. The van der Waals surface area contributed by atoms with Gasteiger partial charge in [-0.1, -0.05) is 76.8 Å². The molecule has 0 aromatic heterocycles. The predicted molar refractivity (Wildman–Crippen MR) is 178 cm³/mol. The number of aliphatic hydroxyl groups is 1. The number of benzene rings is 4. The first kappa shape index (κ1) is 33.7. The quantitative estimate of drug-likeness (QED) is 0.0433. The van der Waals surface area contributed by atoms with Gasteiger partial charge in [0.05, 0.1) is 13.2 Å². The van der Waals surface area contributed by atoms with Gasteiger partial charge in [0.1, 0.15) is 11.6 Å². The van der Waals surface area contributed by atoms with Gasteiger partial charge in [-0.15, -0.1) is 0 Å². The molecule has 2 atom stereocenters. The zero-order chi connectivity index (χ0) is 33.2. The molecule has 0 saturated heterocycles. The van der Waals surface area contributed by atoms with Crippen LogP contribution < -0.4 is 15.6 Å². The number of aliphatic hydroxyl groups excluding tert-OH is 1. The molecule has 4 aromatic carbocycles. The number of hydrogen-bond donors (Lipinski definition) is 3. The number of hydrogen-bond acceptors (Lipinski definition) is 7. The molecule has 0 aliphatic carbocycles. The van der Waals surface area contributed by atoms with Crippen LogP contribution >= 0.6 is 23.2 Å². The van der Waals surface area contributed by atoms with Crippen molar-refractivity contribution in [1.29, 1.82) is 0 Å². The topological polar surface area (TPSA) is 141 Å². The van der Waals surface area contributed by atoms with E-state index >= 15 is 0 Å². The number of amides is 1. The van der Waals surface area contributed by atoms with E-state index in [0.29, 0.717) is 51.6 Å². The van der Waals surface area contributed by atoms with Gasteiger partial charge in [-0.05, 0) is 59.1 Å². The Balaban J connectivity index is 1.59. The summed E-state index contributed by atoms with van der Waals surface area (Å²) in [5.41, 5.74) is 15.7. The molecule has 1 aliphatic heterocycles. The third-order valence-electron chi connectivity index (χ3n) is 7.60. The smallest absolute Gasteiger partial charge is 0.266 e. The Morgan fingerprint density at radius 3 is 2.47 bits per heavy atom. The summed E-state index contributed by atoms with van der Waals surface area (Å²) in [5, 5.41) is 13.5. The van der Waals surface area contributed by atoms with Gasteiger partial charge in [-0.25, -0.2) is 14.8 Å². The number of halogens is 3. The van der Waals surface area contributed by atoms with Gasteiger partial charge in [-0.2, -0.15) is 0 Å². The Hall–Kier alpha value is -4.64. The van der Waals surface area contributed by atoms with E-state index in [1.165, 1.54) is 6.07 Å². The van der Waals surface area contributed by atoms with Crippen LogP contribution in [-0.2, 0) is 29.0 Å². The molecule has 10 nitrogen and oxygen atoms in total. The molecule has 3 N–H and O–H groups in total. The third-order valence-corrected chi connectivity index (χ3v) is 8.16. The van der Waals surface area contributed by atoms with E-state index < -0.39 is 23.4 Å². The van der Waals surface area contributed by atoms with Crippen LogP contribution in [0.4, 0.5) is 4.39 Å². The van der Waals surface area contributed by atoms with Gasteiger partial charge < -0.3 is 14.6 Å². The molecule has 1 heterocycles. The van der Waals surface area contributed by atoms with Gasteiger partial charge in [0.2, 0.25) is 5.90 Å². The molecule has 0 radical (unpaired) electrons. The van der Waals surface area contributed by atoms with Crippen molar-refractivity contribution in [1.82, 2.24) is 10.9 Å². The van der Waals surface area contributed by atoms with E-state index in [1.54, 1.807) is 60.7 Å². The molecule has 0 unspecified atom stereocenters. The molecule has 0 spiro atoms. The molecule has 0 bridgehead atoms. The number of ether oxygens (including phenoxy) is 2. The van der Waals surface area contributed by atoms with Crippen LogP contribution in [0.3, 0.4) is 0 Å². The van der Waals surface area contributed by atoms with Crippen LogP contribution in [0.15, 0.2) is 101 Å². The highest BCUT2D eigenvalue weighted by Gasteiger charge is 2.54. The Morgan fingerprint density at radius 1 is 1.04 bits per heavy atom. The standard InChI is InChI=1S/C34H31Cl2FN6O4/c35-26-12-15-28(29(36)18-26)31-34(19-23-6-1-2-7-24(23)20-40-43-38,33(45)42-39-21-25-8-3-4-9-30(25)37)41-32(47-31)22-10-13-27(14-11-22)46-17-5-16-44/h1-4,6-15,18,31,39,44H,5,16-17,19-21H2,(H,42,45)/t31-,34-/m0/s1. The Morgan fingerprint density at radius 2 is 1.77 bits per heavy atom. The summed E-state index contributed by atoms with van der Waals surface area (Å²) in [6, 6.07) is 25.4. The summed E-state index contributed by atoms with van der Waals surface area (Å²) < 4.78 is 26.6. The highest BCUT2D eigenvalue weighted by atomic mass is 35.5. The van der Waals surface area contributed by atoms with Crippen molar-refractivity contribution < 1.29 is 23.8 Å². The van der Waals surface area contributed by atoms with Crippen molar-refractivity contribution in [3.63, 3.8) is 0 Å². The Kier molecular flexibility index (Phi) is 11.3. The van der Waals surface area contributed by atoms with Crippen LogP contribution in [-0.4, -0.2) is 35.7 Å². The molecular weight excluding hydrogens is 646 g/mol. The van der Waals surface area contributed by atoms with Crippen LogP contribution in [0.1, 0.15) is 40.3 Å². The lowest BCUT2D eigenvalue weighted by molar-refractivity contribution is -0.130. The largest absolute Gasteiger partial charge is 0.494 e. The number of nitrogens with zero attached hydrogens (tertiary/aromatic N) is 4. The summed E-state index contributed by atoms with van der Waals surface area (Å²) in [4.78, 5) is 22.3. The van der Waals surface area contributed by atoms with Gasteiger partial charge in [0.25, 0.3) is 5.91 Å². The SMILES string of the molecule is [N-]=[N+]=NCc1ccccc1C[C@]1(C(=O)NNCc2ccccc2F)N=C(c2ccc(OCCCO)cc2)O[C@H]1c1ccc(Cl)cc1Cl. The lowest BCUT2D eigenvalue weighted by Crippen LogP contribution is -2.53. The van der Waals surface area contributed by atoms with Crippen LogP contribution in [0, 0.1) is 5.82 Å². The van der Waals surface area contributed by atoms with Crippen molar-refractivity contribution in [2.75, 3.05) is 13.2 Å². The molecule has 0 fully saturated rings. The molecule has 1 amide bonds. The minimum Gasteiger partial charge on any atom is -0.494 e. The molecule has 13 heteroatoms. The highest BCUT2D eigenvalue weighted by Crippen LogP contribution is 2.45. The molecule has 0 saturated carbocycles. The van der Waals surface area contributed by atoms with Crippen molar-refractivity contribution >= 4 is 35.0 Å². The number of aliphatic imine (C=N–C) groups is 1. The first-order valence-electron chi connectivity index (χ1n) is 14.7. The van der Waals surface area contributed by atoms with Crippen LogP contribution in [0.2, 0.25) is 10.0 Å². The average Bonchev–Trinajstić information content (AvgIpc) is 3.45. The van der Waals surface area contributed by atoms with E-state index in [9.17, 15) is 9.18 Å². The van der Waals surface area contributed by atoms with Crippen LogP contribution in [0.25, 0.3) is 10.4 Å². The van der Waals surface area contributed by atoms with E-state index in [-0.39, 0.29) is 37.0 Å². The highest BCUT2D eigenvalue weighted by molar-refractivity contribution is 6.35. The normalized spacial score (nSPS) is 16.9. The van der Waals surface area contributed by atoms with E-state index in [2.05, 4.69) is 20.9 Å². The maximum absolute atomic E-state index is 14.5. The lowest BCUT2D eigenvalue weighted by atomic mass is 9.81. The molecule has 1 aliphatic rings. The van der Waals surface area contributed by atoms with E-state index in [4.69, 9.17) is 48.3 Å². The Labute approximate surface area is 280 Å². The van der Waals surface area contributed by atoms with Gasteiger partial charge in [0.15, 0.2) is 11.6 Å². The lowest BCUT2D eigenvalue weighted by Gasteiger charge is -2.32. The van der Waals surface area contributed by atoms with E-state index in [0.717, 1.165) is 0 Å². The van der Waals surface area contributed by atoms with Crippen LogP contribution in [0.5, 0.6) is 5.75 Å². The monoisotopic (exact) mass is 676 g/mol. The first-order valence-corrected chi connectivity index (χ1v) is 15.5. The molecule has 4 aromatic rings. The fourth-order valence-electron chi connectivity index (χ4n) is 5.23. The average molecular weight is 678 g/mol.